The topological polar surface area (TPSA) is 29.7 Å². The van der Waals surface area contributed by atoms with Crippen LogP contribution in [-0.4, -0.2) is 9.97 Å². The smallest absolute Gasteiger partial charge is 0.261 e. The van der Waals surface area contributed by atoms with Gasteiger partial charge in [0, 0.05) is 12.3 Å². The molecule has 0 bridgehead atoms. The molecule has 0 aliphatic carbocycles. The van der Waals surface area contributed by atoms with Crippen molar-refractivity contribution < 1.29 is 4.57 Å². The van der Waals surface area contributed by atoms with E-state index in [-0.39, 0.29) is 0 Å². The zero-order valence-corrected chi connectivity index (χ0v) is 8.31. The van der Waals surface area contributed by atoms with Crippen LogP contribution in [0.3, 0.4) is 0 Å². The average molecular weight is 186 g/mol. The molecule has 2 heterocycles. The van der Waals surface area contributed by atoms with E-state index in [1.807, 2.05) is 42.9 Å². The maximum absolute atomic E-state index is 4.33. The largest absolute Gasteiger partial charge is 0.331 e. The van der Waals surface area contributed by atoms with E-state index in [0.29, 0.717) is 0 Å². The summed E-state index contributed by atoms with van der Waals surface area (Å²) in [4.78, 5) is 8.58. The van der Waals surface area contributed by atoms with Gasteiger partial charge in [-0.25, -0.2) is 4.57 Å². The van der Waals surface area contributed by atoms with Crippen LogP contribution in [0.4, 0.5) is 0 Å². The lowest BCUT2D eigenvalue weighted by Crippen LogP contribution is -2.31. The molecule has 0 amide bonds. The summed E-state index contributed by atoms with van der Waals surface area (Å²) in [6, 6.07) is 5.87. The Morgan fingerprint density at radius 3 is 2.64 bits per heavy atom. The Hall–Kier alpha value is -1.77. The van der Waals surface area contributed by atoms with Crippen LogP contribution in [-0.2, 0) is 7.05 Å². The van der Waals surface area contributed by atoms with Gasteiger partial charge in [0.25, 0.3) is 0 Å². The van der Waals surface area contributed by atoms with E-state index in [1.165, 1.54) is 0 Å². The molecule has 0 aliphatic rings. The van der Waals surface area contributed by atoms with E-state index in [0.717, 1.165) is 17.1 Å². The van der Waals surface area contributed by atoms with Crippen LogP contribution < -0.4 is 4.57 Å². The molecule has 0 saturated heterocycles. The Kier molecular flexibility index (Phi) is 2.23. The zero-order chi connectivity index (χ0) is 9.97. The third kappa shape index (κ3) is 1.48. The minimum absolute atomic E-state index is 0.943. The van der Waals surface area contributed by atoms with Gasteiger partial charge in [-0.1, -0.05) is 0 Å². The first-order valence-electron chi connectivity index (χ1n) is 4.51. The van der Waals surface area contributed by atoms with Gasteiger partial charge in [-0.05, 0) is 24.0 Å². The van der Waals surface area contributed by atoms with Gasteiger partial charge in [0.05, 0.1) is 24.5 Å². The van der Waals surface area contributed by atoms with Crippen LogP contribution in [0.25, 0.3) is 11.4 Å². The van der Waals surface area contributed by atoms with Gasteiger partial charge < -0.3 is 0 Å². The minimum Gasteiger partial charge on any atom is -0.261 e. The predicted molar refractivity (Wildman–Crippen MR) is 53.4 cm³/mol. The Labute approximate surface area is 83.1 Å². The molecule has 3 heteroatoms. The van der Waals surface area contributed by atoms with Crippen molar-refractivity contribution in [1.29, 1.82) is 0 Å². The van der Waals surface area contributed by atoms with Gasteiger partial charge in [-0.15, -0.1) is 0 Å². The molecule has 0 unspecified atom stereocenters. The van der Waals surface area contributed by atoms with Crippen LogP contribution in [0.1, 0.15) is 5.69 Å². The molecule has 14 heavy (non-hydrogen) atoms. The van der Waals surface area contributed by atoms with Gasteiger partial charge in [0.2, 0.25) is 0 Å². The molecule has 0 N–H and O–H groups in total. The number of pyridine rings is 1. The van der Waals surface area contributed by atoms with Crippen LogP contribution in [0.2, 0.25) is 0 Å². The molecule has 0 aliphatic heterocycles. The molecule has 70 valence electrons. The van der Waals surface area contributed by atoms with Gasteiger partial charge in [0.15, 0.2) is 0 Å². The van der Waals surface area contributed by atoms with Crippen LogP contribution in [0.5, 0.6) is 0 Å². The minimum atomic E-state index is 0.943. The molecule has 0 spiro atoms. The van der Waals surface area contributed by atoms with E-state index in [1.54, 1.807) is 12.4 Å². The van der Waals surface area contributed by atoms with E-state index in [4.69, 9.17) is 0 Å². The summed E-state index contributed by atoms with van der Waals surface area (Å²) in [5.74, 6) is 0.943. The summed E-state index contributed by atoms with van der Waals surface area (Å²) >= 11 is 0. The Bertz CT molecular complexity index is 408. The van der Waals surface area contributed by atoms with Gasteiger partial charge >= 0.3 is 5.82 Å². The van der Waals surface area contributed by atoms with Crippen LogP contribution in [0, 0.1) is 6.92 Å². The summed E-state index contributed by atoms with van der Waals surface area (Å²) in [5.41, 5.74) is 2.08. The highest BCUT2D eigenvalue weighted by atomic mass is 15.0. The highest BCUT2D eigenvalue weighted by Gasteiger charge is 2.13. The maximum atomic E-state index is 4.33. The highest BCUT2D eigenvalue weighted by molar-refractivity contribution is 5.54. The Morgan fingerprint density at radius 1 is 1.14 bits per heavy atom. The van der Waals surface area contributed by atoms with Crippen molar-refractivity contribution in [3.63, 3.8) is 0 Å². The number of nitrogens with zero attached hydrogens (tertiary/aromatic N) is 3. The predicted octanol–water partition coefficient (Wildman–Crippen LogP) is 1.28. The van der Waals surface area contributed by atoms with Crippen molar-refractivity contribution in [3.05, 3.63) is 42.5 Å². The first kappa shape index (κ1) is 8.81. The molecule has 3 nitrogen and oxygen atoms in total. The monoisotopic (exact) mass is 186 g/mol. The summed E-state index contributed by atoms with van der Waals surface area (Å²) < 4.78 is 1.99. The Balaban J connectivity index is 2.61. The van der Waals surface area contributed by atoms with E-state index < -0.39 is 0 Å². The van der Waals surface area contributed by atoms with E-state index in [2.05, 4.69) is 9.97 Å². The first-order valence-corrected chi connectivity index (χ1v) is 4.51. The lowest BCUT2D eigenvalue weighted by atomic mass is 10.2. The molecular formula is C11H12N3+. The van der Waals surface area contributed by atoms with Crippen LogP contribution >= 0.6 is 0 Å². The second kappa shape index (κ2) is 3.54. The normalized spacial score (nSPS) is 10.1. The number of rotatable bonds is 1. The average Bonchev–Trinajstić information content (AvgIpc) is 2.20. The fourth-order valence-electron chi connectivity index (χ4n) is 1.42. The highest BCUT2D eigenvalue weighted by Crippen LogP contribution is 2.14. The molecule has 2 aromatic heterocycles. The van der Waals surface area contributed by atoms with Gasteiger partial charge in [-0.3, -0.25) is 4.98 Å². The van der Waals surface area contributed by atoms with Crippen molar-refractivity contribution in [1.82, 2.24) is 9.97 Å². The first-order chi connectivity index (χ1) is 6.79. The molecule has 0 atom stereocenters. The van der Waals surface area contributed by atoms with E-state index in [9.17, 15) is 0 Å². The van der Waals surface area contributed by atoms with Crippen molar-refractivity contribution >= 4 is 0 Å². The zero-order valence-electron chi connectivity index (χ0n) is 8.31. The molecule has 0 fully saturated rings. The lowest BCUT2D eigenvalue weighted by Gasteiger charge is -2.00. The second-order valence-corrected chi connectivity index (χ2v) is 3.19. The molecular weight excluding hydrogens is 174 g/mol. The third-order valence-corrected chi connectivity index (χ3v) is 2.17. The van der Waals surface area contributed by atoms with Gasteiger partial charge in [0.1, 0.15) is 6.20 Å². The fraction of sp³-hybridized carbons (Fsp3) is 0.182. The van der Waals surface area contributed by atoms with Gasteiger partial charge in [-0.2, -0.15) is 0 Å². The summed E-state index contributed by atoms with van der Waals surface area (Å²) in [5, 5.41) is 0. The SMILES string of the molecule is Cc1ncccc1-c1nccc[n+]1C. The summed E-state index contributed by atoms with van der Waals surface area (Å²) in [6.07, 6.45) is 5.57. The van der Waals surface area contributed by atoms with Crippen LogP contribution in [0.15, 0.2) is 36.8 Å². The lowest BCUT2D eigenvalue weighted by molar-refractivity contribution is -0.663. The Morgan fingerprint density at radius 2 is 1.93 bits per heavy atom. The molecule has 0 radical (unpaired) electrons. The second-order valence-electron chi connectivity index (χ2n) is 3.19. The molecule has 2 rings (SSSR count). The number of aromatic nitrogens is 3. The third-order valence-electron chi connectivity index (χ3n) is 2.17. The number of aryl methyl sites for hydroxylation is 2. The standard InChI is InChI=1S/C11H12N3/c1-9-10(5-3-6-12-9)11-13-7-4-8-14(11)2/h3-8H,1-2H3/q+1. The fourth-order valence-corrected chi connectivity index (χ4v) is 1.42. The number of hydrogen-bond acceptors (Lipinski definition) is 2. The van der Waals surface area contributed by atoms with Crippen molar-refractivity contribution in [2.45, 2.75) is 6.92 Å². The molecule has 2 aromatic rings. The quantitative estimate of drug-likeness (QED) is 0.628. The van der Waals surface area contributed by atoms with Crippen molar-refractivity contribution in [3.8, 4) is 11.4 Å². The molecule has 0 saturated carbocycles. The number of hydrogen-bond donors (Lipinski definition) is 0. The summed E-state index contributed by atoms with van der Waals surface area (Å²) in [6.45, 7) is 1.99. The van der Waals surface area contributed by atoms with E-state index >= 15 is 0 Å². The summed E-state index contributed by atoms with van der Waals surface area (Å²) in [7, 11) is 1.98. The van der Waals surface area contributed by atoms with Crippen molar-refractivity contribution in [2.75, 3.05) is 0 Å². The maximum Gasteiger partial charge on any atom is 0.331 e. The van der Waals surface area contributed by atoms with Crippen molar-refractivity contribution in [2.24, 2.45) is 7.05 Å². The molecule has 0 aromatic carbocycles.